The summed E-state index contributed by atoms with van der Waals surface area (Å²) in [4.78, 5) is 15.5. The quantitative estimate of drug-likeness (QED) is 0.239. The van der Waals surface area contributed by atoms with E-state index in [4.69, 9.17) is 37.4 Å². The lowest BCUT2D eigenvalue weighted by molar-refractivity contribution is 0.142. The summed E-state index contributed by atoms with van der Waals surface area (Å²) in [6.07, 6.45) is 4.91. The predicted molar refractivity (Wildman–Crippen MR) is 164 cm³/mol. The highest BCUT2D eigenvalue weighted by Gasteiger charge is 2.25. The van der Waals surface area contributed by atoms with Gasteiger partial charge in [0.1, 0.15) is 0 Å². The molecule has 0 spiro atoms. The molecule has 0 aliphatic carbocycles. The number of halogens is 3. The van der Waals surface area contributed by atoms with Gasteiger partial charge >= 0.3 is 6.03 Å². The Morgan fingerprint density at radius 2 is 1.62 bits per heavy atom. The van der Waals surface area contributed by atoms with Crippen LogP contribution in [-0.2, 0) is 6.42 Å². The SMILES string of the molecule is COc1cc(NC(=O)NC(CN2CCCCC2)C(C)CCC(O)Cc2ccc(Cl)c(Cl)c2)cc(OC)c1OC.Cl. The number of ether oxygens (including phenoxy) is 3. The van der Waals surface area contributed by atoms with Gasteiger partial charge in [0.05, 0.1) is 43.2 Å². The van der Waals surface area contributed by atoms with Gasteiger partial charge in [-0.3, -0.25) is 0 Å². The van der Waals surface area contributed by atoms with Crippen molar-refractivity contribution in [1.82, 2.24) is 10.2 Å². The van der Waals surface area contributed by atoms with E-state index < -0.39 is 6.10 Å². The molecule has 0 aromatic heterocycles. The number of anilines is 1. The van der Waals surface area contributed by atoms with Crippen molar-refractivity contribution >= 4 is 47.3 Å². The molecule has 2 aromatic rings. The third kappa shape index (κ3) is 10.1. The first kappa shape index (κ1) is 34.1. The molecule has 1 fully saturated rings. The van der Waals surface area contributed by atoms with E-state index in [9.17, 15) is 9.90 Å². The monoisotopic (exact) mass is 617 g/mol. The summed E-state index contributed by atoms with van der Waals surface area (Å²) in [6.45, 7) is 4.94. The lowest BCUT2D eigenvalue weighted by Crippen LogP contribution is -2.49. The molecule has 1 aliphatic heterocycles. The Balaban J connectivity index is 0.00000560. The molecular formula is C29H42Cl3N3O5. The van der Waals surface area contributed by atoms with Gasteiger partial charge < -0.3 is 34.9 Å². The maximum atomic E-state index is 13.1. The van der Waals surface area contributed by atoms with E-state index in [2.05, 4.69) is 22.5 Å². The average Bonchev–Trinajstić information content (AvgIpc) is 2.93. The van der Waals surface area contributed by atoms with Crippen LogP contribution in [0, 0.1) is 5.92 Å². The van der Waals surface area contributed by atoms with Crippen LogP contribution in [-0.4, -0.2) is 69.1 Å². The largest absolute Gasteiger partial charge is 0.493 e. The van der Waals surface area contributed by atoms with Crippen LogP contribution in [0.15, 0.2) is 30.3 Å². The van der Waals surface area contributed by atoms with Gasteiger partial charge in [0.25, 0.3) is 0 Å². The zero-order valence-electron chi connectivity index (χ0n) is 23.7. The number of hydrogen-bond donors (Lipinski definition) is 3. The van der Waals surface area contributed by atoms with E-state index >= 15 is 0 Å². The summed E-state index contributed by atoms with van der Waals surface area (Å²) < 4.78 is 16.2. The number of carbonyl (C=O) groups is 1. The number of benzene rings is 2. The summed E-state index contributed by atoms with van der Waals surface area (Å²) in [5, 5.41) is 17.8. The van der Waals surface area contributed by atoms with Crippen LogP contribution in [0.3, 0.4) is 0 Å². The molecular weight excluding hydrogens is 577 g/mol. The second-order valence-corrected chi connectivity index (χ2v) is 11.0. The standard InChI is InChI=1S/C29H41Cl2N3O5.ClH/c1-19(8-10-22(35)14-20-9-11-23(30)24(31)15-20)25(18-34-12-6-5-7-13-34)33-29(36)32-21-16-26(37-2)28(39-4)27(17-21)38-3;/h9,11,15-17,19,22,25,35H,5-8,10,12-14,18H2,1-4H3,(H2,32,33,36);1H. The number of aliphatic hydroxyl groups is 1. The minimum atomic E-state index is -0.520. The Bertz CT molecular complexity index is 1060. The van der Waals surface area contributed by atoms with E-state index in [1.807, 2.05) is 6.07 Å². The van der Waals surface area contributed by atoms with E-state index in [-0.39, 0.29) is 30.4 Å². The number of amides is 2. The second kappa shape index (κ2) is 17.0. The Morgan fingerprint density at radius 1 is 0.975 bits per heavy atom. The minimum absolute atomic E-state index is 0. The second-order valence-electron chi connectivity index (χ2n) is 10.1. The first-order valence-electron chi connectivity index (χ1n) is 13.5. The fraction of sp³-hybridized carbons (Fsp3) is 0.552. The van der Waals surface area contributed by atoms with E-state index in [0.29, 0.717) is 45.8 Å². The highest BCUT2D eigenvalue weighted by Crippen LogP contribution is 2.40. The number of carbonyl (C=O) groups excluding carboxylic acids is 1. The molecule has 0 saturated carbocycles. The minimum Gasteiger partial charge on any atom is -0.493 e. The first-order chi connectivity index (χ1) is 18.7. The molecule has 11 heteroatoms. The molecule has 3 unspecified atom stereocenters. The molecule has 2 aromatic carbocycles. The summed E-state index contributed by atoms with van der Waals surface area (Å²) in [5.41, 5.74) is 1.47. The lowest BCUT2D eigenvalue weighted by atomic mass is 9.92. The van der Waals surface area contributed by atoms with E-state index in [0.717, 1.165) is 31.6 Å². The smallest absolute Gasteiger partial charge is 0.319 e. The molecule has 0 bridgehead atoms. The Labute approximate surface area is 254 Å². The van der Waals surface area contributed by atoms with E-state index in [1.54, 1.807) is 24.3 Å². The van der Waals surface area contributed by atoms with Crippen molar-refractivity contribution in [1.29, 1.82) is 0 Å². The lowest BCUT2D eigenvalue weighted by Gasteiger charge is -2.34. The van der Waals surface area contributed by atoms with E-state index in [1.165, 1.54) is 40.6 Å². The van der Waals surface area contributed by atoms with Crippen LogP contribution < -0.4 is 24.8 Å². The molecule has 224 valence electrons. The number of nitrogens with zero attached hydrogens (tertiary/aromatic N) is 1. The van der Waals surface area contributed by atoms with Crippen molar-refractivity contribution in [2.24, 2.45) is 5.92 Å². The number of likely N-dealkylation sites (tertiary alicyclic amines) is 1. The first-order valence-corrected chi connectivity index (χ1v) is 14.2. The van der Waals surface area contributed by atoms with Crippen molar-refractivity contribution in [2.75, 3.05) is 46.3 Å². The van der Waals surface area contributed by atoms with Gasteiger partial charge in [-0.25, -0.2) is 4.79 Å². The molecule has 3 N–H and O–H groups in total. The maximum absolute atomic E-state index is 13.1. The number of rotatable bonds is 13. The fourth-order valence-electron chi connectivity index (χ4n) is 4.97. The Hall–Kier alpha value is -2.10. The number of hydrogen-bond acceptors (Lipinski definition) is 6. The zero-order chi connectivity index (χ0) is 28.4. The van der Waals surface area contributed by atoms with Crippen LogP contribution in [0.1, 0.15) is 44.6 Å². The van der Waals surface area contributed by atoms with Gasteiger partial charge in [0.2, 0.25) is 5.75 Å². The third-order valence-corrected chi connectivity index (χ3v) is 7.98. The highest BCUT2D eigenvalue weighted by atomic mass is 35.5. The number of methoxy groups -OCH3 is 3. The molecule has 8 nitrogen and oxygen atoms in total. The zero-order valence-corrected chi connectivity index (χ0v) is 26.0. The van der Waals surface area contributed by atoms with Crippen molar-refractivity contribution < 1.29 is 24.1 Å². The summed E-state index contributed by atoms with van der Waals surface area (Å²) >= 11 is 12.1. The number of piperidine rings is 1. The van der Waals surface area contributed by atoms with Crippen LogP contribution in [0.4, 0.5) is 10.5 Å². The van der Waals surface area contributed by atoms with Crippen molar-refractivity contribution in [3.8, 4) is 17.2 Å². The highest BCUT2D eigenvalue weighted by molar-refractivity contribution is 6.42. The third-order valence-electron chi connectivity index (χ3n) is 7.24. The summed E-state index contributed by atoms with van der Waals surface area (Å²) in [7, 11) is 4.61. The van der Waals surface area contributed by atoms with Crippen LogP contribution in [0.2, 0.25) is 10.0 Å². The Kier molecular flexibility index (Phi) is 14.5. The van der Waals surface area contributed by atoms with Crippen LogP contribution in [0.25, 0.3) is 0 Å². The van der Waals surface area contributed by atoms with Gasteiger partial charge in [0, 0.05) is 24.7 Å². The molecule has 1 heterocycles. The molecule has 3 rings (SSSR count). The van der Waals surface area contributed by atoms with Gasteiger partial charge in [-0.15, -0.1) is 12.4 Å². The molecule has 40 heavy (non-hydrogen) atoms. The van der Waals surface area contributed by atoms with Crippen LogP contribution in [0.5, 0.6) is 17.2 Å². The van der Waals surface area contributed by atoms with Crippen LogP contribution >= 0.6 is 35.6 Å². The summed E-state index contributed by atoms with van der Waals surface area (Å²) in [5.74, 6) is 1.52. The van der Waals surface area contributed by atoms with Crippen molar-refractivity contribution in [3.63, 3.8) is 0 Å². The average molecular weight is 619 g/mol. The van der Waals surface area contributed by atoms with Gasteiger partial charge in [-0.05, 0) is 68.8 Å². The summed E-state index contributed by atoms with van der Waals surface area (Å²) in [6, 6.07) is 8.42. The molecule has 0 radical (unpaired) electrons. The number of urea groups is 1. The maximum Gasteiger partial charge on any atom is 0.319 e. The van der Waals surface area contributed by atoms with Gasteiger partial charge in [-0.1, -0.05) is 42.6 Å². The number of aliphatic hydroxyl groups excluding tert-OH is 1. The normalized spacial score (nSPS) is 15.8. The van der Waals surface area contributed by atoms with Gasteiger partial charge in [0.15, 0.2) is 11.5 Å². The number of nitrogens with one attached hydrogen (secondary N) is 2. The topological polar surface area (TPSA) is 92.3 Å². The molecule has 1 aliphatic rings. The van der Waals surface area contributed by atoms with Gasteiger partial charge in [-0.2, -0.15) is 0 Å². The molecule has 1 saturated heterocycles. The fourth-order valence-corrected chi connectivity index (χ4v) is 5.29. The van der Waals surface area contributed by atoms with Crippen molar-refractivity contribution in [2.45, 2.75) is 57.6 Å². The molecule has 3 atom stereocenters. The molecule has 2 amide bonds. The predicted octanol–water partition coefficient (Wildman–Crippen LogP) is 6.44. The van der Waals surface area contributed by atoms with Crippen molar-refractivity contribution in [3.05, 3.63) is 45.9 Å². The Morgan fingerprint density at radius 3 is 2.20 bits per heavy atom.